The number of ether oxygens (including phenoxy) is 1. The molecule has 0 saturated heterocycles. The van der Waals surface area contributed by atoms with Gasteiger partial charge in [-0.25, -0.2) is 0 Å². The number of carbonyl (C=O) groups is 1. The molecule has 0 N–H and O–H groups in total. The Hall–Kier alpha value is -1.25. The first-order valence-corrected chi connectivity index (χ1v) is 8.60. The molecule has 1 radical (unpaired) electrons. The molecule has 2 aromatic carbocycles. The molecule has 0 unspecified atom stereocenters. The van der Waals surface area contributed by atoms with E-state index in [9.17, 15) is 4.79 Å². The summed E-state index contributed by atoms with van der Waals surface area (Å²) in [6.45, 7) is 10.3. The Balaban J connectivity index is 0.00000338. The van der Waals surface area contributed by atoms with Crippen molar-refractivity contribution in [3.05, 3.63) is 79.7 Å². The number of esters is 1. The van der Waals surface area contributed by atoms with Crippen LogP contribution in [0.25, 0.3) is 11.1 Å². The van der Waals surface area contributed by atoms with Crippen molar-refractivity contribution in [1.82, 2.24) is 0 Å². The monoisotopic (exact) mass is 439 g/mol. The number of allylic oxidation sites excluding steroid dienone is 1. The normalized spacial score (nSPS) is 11.4. The van der Waals surface area contributed by atoms with Gasteiger partial charge in [0.25, 0.3) is 0 Å². The average molecular weight is 439 g/mol. The van der Waals surface area contributed by atoms with Crippen LogP contribution >= 0.6 is 0 Å². The van der Waals surface area contributed by atoms with E-state index in [0.717, 1.165) is 0 Å². The molecule has 2 aromatic rings. The van der Waals surface area contributed by atoms with Crippen molar-refractivity contribution in [2.45, 2.75) is 40.0 Å². The van der Waals surface area contributed by atoms with Crippen LogP contribution in [0.15, 0.2) is 60.7 Å². The van der Waals surface area contributed by atoms with Gasteiger partial charge in [-0.05, 0) is 11.1 Å². The first kappa shape index (κ1) is 25.8. The zero-order valence-electron chi connectivity index (χ0n) is 17.4. The Morgan fingerprint density at radius 3 is 2.00 bits per heavy atom. The quantitative estimate of drug-likeness (QED) is 0.312. The molecule has 0 spiro atoms. The third-order valence-electron chi connectivity index (χ3n) is 4.28. The summed E-state index contributed by atoms with van der Waals surface area (Å²) in [5, 5.41) is 0. The van der Waals surface area contributed by atoms with Crippen molar-refractivity contribution in [3.63, 3.8) is 0 Å². The SMILES string of the molecule is CC(=O)OCC(C)(C)/C=C/C(C)(C)c1ccc(-c2cc[c-]cc2)cc1.[CH3-].[Y]. The number of hydrogen-bond donors (Lipinski definition) is 0. The van der Waals surface area contributed by atoms with Gasteiger partial charge in [-0.15, -0.1) is 5.56 Å². The fraction of sp³-hybridized carbons (Fsp3) is 0.333. The van der Waals surface area contributed by atoms with Crippen LogP contribution in [-0.4, -0.2) is 12.6 Å². The third-order valence-corrected chi connectivity index (χ3v) is 4.28. The van der Waals surface area contributed by atoms with Gasteiger partial charge in [0.15, 0.2) is 0 Å². The summed E-state index contributed by atoms with van der Waals surface area (Å²) < 4.78 is 5.15. The van der Waals surface area contributed by atoms with Gasteiger partial charge in [0.2, 0.25) is 0 Å². The molecule has 0 fully saturated rings. The van der Waals surface area contributed by atoms with Crippen molar-refractivity contribution in [2.75, 3.05) is 6.61 Å². The summed E-state index contributed by atoms with van der Waals surface area (Å²) in [6, 6.07) is 19.7. The van der Waals surface area contributed by atoms with Crippen molar-refractivity contribution in [2.24, 2.45) is 5.41 Å². The van der Waals surface area contributed by atoms with Crippen LogP contribution in [0.1, 0.15) is 40.2 Å². The van der Waals surface area contributed by atoms with Crippen molar-refractivity contribution in [1.29, 1.82) is 0 Å². The second-order valence-corrected chi connectivity index (χ2v) is 7.69. The molecule has 0 saturated carbocycles. The maximum Gasteiger partial charge on any atom is 0.302 e. The Kier molecular flexibility index (Phi) is 10.4. The molecule has 0 aliphatic carbocycles. The van der Waals surface area contributed by atoms with Gasteiger partial charge in [0.05, 0.1) is 6.61 Å². The van der Waals surface area contributed by atoms with E-state index in [1.807, 2.05) is 12.1 Å². The number of benzene rings is 2. The molecule has 0 heterocycles. The largest absolute Gasteiger partial charge is 0.465 e. The summed E-state index contributed by atoms with van der Waals surface area (Å²) in [4.78, 5) is 11.0. The molecule has 0 aromatic heterocycles. The number of rotatable bonds is 6. The van der Waals surface area contributed by atoms with E-state index in [2.05, 4.69) is 82.3 Å². The average Bonchev–Trinajstić information content (AvgIpc) is 2.60. The first-order valence-electron chi connectivity index (χ1n) is 8.60. The summed E-state index contributed by atoms with van der Waals surface area (Å²) in [5.74, 6) is -0.241. The molecule has 0 aliphatic heterocycles. The summed E-state index contributed by atoms with van der Waals surface area (Å²) in [6.07, 6.45) is 4.33. The Labute approximate surface area is 190 Å². The fourth-order valence-electron chi connectivity index (χ4n) is 2.54. The molecule has 143 valence electrons. The van der Waals surface area contributed by atoms with E-state index < -0.39 is 0 Å². The minimum Gasteiger partial charge on any atom is -0.465 e. The minimum absolute atomic E-state index is 0. The van der Waals surface area contributed by atoms with Gasteiger partial charge in [0.1, 0.15) is 0 Å². The molecular formula is C24H30O2Y-2. The standard InChI is InChI=1S/C23H27O2.CH3.Y/c1-18(24)25-17-22(2,3)15-16-23(4,5)21-13-11-20(12-14-21)19-9-7-6-8-10-19;;/h7-16H,17H2,1-5H3;1H3;/q2*-1;/b16-15+;;. The molecule has 0 atom stereocenters. The van der Waals surface area contributed by atoms with Crippen LogP contribution in [0.4, 0.5) is 0 Å². The van der Waals surface area contributed by atoms with Crippen LogP contribution in [0, 0.1) is 18.9 Å². The second-order valence-electron chi connectivity index (χ2n) is 7.69. The predicted molar refractivity (Wildman–Crippen MR) is 110 cm³/mol. The van der Waals surface area contributed by atoms with Crippen molar-refractivity contribution in [3.8, 4) is 11.1 Å². The van der Waals surface area contributed by atoms with Gasteiger partial charge in [-0.2, -0.15) is 30.3 Å². The summed E-state index contributed by atoms with van der Waals surface area (Å²) in [5.41, 5.74) is 3.35. The smallest absolute Gasteiger partial charge is 0.302 e. The van der Waals surface area contributed by atoms with Gasteiger partial charge < -0.3 is 12.2 Å². The minimum atomic E-state index is -0.241. The Morgan fingerprint density at radius 2 is 1.48 bits per heavy atom. The van der Waals surface area contributed by atoms with Gasteiger partial charge >= 0.3 is 5.97 Å². The van der Waals surface area contributed by atoms with E-state index in [4.69, 9.17) is 4.74 Å². The van der Waals surface area contributed by atoms with Crippen LogP contribution in [0.5, 0.6) is 0 Å². The van der Waals surface area contributed by atoms with Gasteiger partial charge in [0, 0.05) is 50.5 Å². The molecular weight excluding hydrogens is 409 g/mol. The van der Waals surface area contributed by atoms with Crippen molar-refractivity contribution >= 4 is 5.97 Å². The van der Waals surface area contributed by atoms with Crippen LogP contribution in [-0.2, 0) is 47.7 Å². The molecule has 0 amide bonds. The molecule has 2 rings (SSSR count). The van der Waals surface area contributed by atoms with E-state index in [1.54, 1.807) is 0 Å². The summed E-state index contributed by atoms with van der Waals surface area (Å²) in [7, 11) is 0. The van der Waals surface area contributed by atoms with Crippen LogP contribution < -0.4 is 0 Å². The molecule has 0 aliphatic rings. The zero-order valence-corrected chi connectivity index (χ0v) is 20.2. The van der Waals surface area contributed by atoms with E-state index in [1.165, 1.54) is 23.6 Å². The van der Waals surface area contributed by atoms with E-state index in [0.29, 0.717) is 6.61 Å². The van der Waals surface area contributed by atoms with Crippen LogP contribution in [0.2, 0.25) is 0 Å². The predicted octanol–water partition coefficient (Wildman–Crippen LogP) is 6.02. The van der Waals surface area contributed by atoms with Crippen molar-refractivity contribution < 1.29 is 42.2 Å². The number of carbonyl (C=O) groups excluding carboxylic acids is 1. The summed E-state index contributed by atoms with van der Waals surface area (Å²) >= 11 is 0. The van der Waals surface area contributed by atoms with Gasteiger partial charge in [-0.1, -0.05) is 64.1 Å². The Bertz CT molecular complexity index is 729. The van der Waals surface area contributed by atoms with Crippen LogP contribution in [0.3, 0.4) is 0 Å². The zero-order chi connectivity index (χ0) is 18.5. The first-order chi connectivity index (χ1) is 11.7. The Morgan fingerprint density at radius 1 is 0.963 bits per heavy atom. The van der Waals surface area contributed by atoms with Gasteiger partial charge in [-0.3, -0.25) is 4.79 Å². The molecule has 0 bridgehead atoms. The maximum atomic E-state index is 11.0. The fourth-order valence-corrected chi connectivity index (χ4v) is 2.54. The molecule has 2 nitrogen and oxygen atoms in total. The van der Waals surface area contributed by atoms with E-state index >= 15 is 0 Å². The molecule has 3 heteroatoms. The topological polar surface area (TPSA) is 26.3 Å². The van der Waals surface area contributed by atoms with E-state index in [-0.39, 0.29) is 56.9 Å². The molecule has 27 heavy (non-hydrogen) atoms. The third kappa shape index (κ3) is 8.11. The maximum absolute atomic E-state index is 11.0. The second kappa shape index (κ2) is 10.9. The number of hydrogen-bond acceptors (Lipinski definition) is 2.